The van der Waals surface area contributed by atoms with Crippen LogP contribution in [-0.4, -0.2) is 24.0 Å². The van der Waals surface area contributed by atoms with Crippen molar-refractivity contribution in [2.45, 2.75) is 12.5 Å². The lowest BCUT2D eigenvalue weighted by atomic mass is 10.0. The standard InChI is InChI=1S/C26H22N2O3/c1-31-26(30)25(19-12-6-3-7-13-19)28-24(29)17-20-16-23(18-10-4-2-5-11-18)27-22-15-9-8-14-21(20)22/h2-16,25H,17H2,1H3,(H,28,29)/t25-/m0/s1. The van der Waals surface area contributed by atoms with Gasteiger partial charge in [0.25, 0.3) is 0 Å². The quantitative estimate of drug-likeness (QED) is 0.476. The zero-order chi connectivity index (χ0) is 21.6. The van der Waals surface area contributed by atoms with Crippen LogP contribution in [0.2, 0.25) is 0 Å². The van der Waals surface area contributed by atoms with Crippen LogP contribution in [0.5, 0.6) is 0 Å². The summed E-state index contributed by atoms with van der Waals surface area (Å²) in [6.45, 7) is 0. The summed E-state index contributed by atoms with van der Waals surface area (Å²) in [5, 5.41) is 3.73. The number of para-hydroxylation sites is 1. The fraction of sp³-hybridized carbons (Fsp3) is 0.115. The molecule has 0 bridgehead atoms. The van der Waals surface area contributed by atoms with Gasteiger partial charge in [-0.2, -0.15) is 0 Å². The van der Waals surface area contributed by atoms with Crippen LogP contribution in [0.25, 0.3) is 22.2 Å². The van der Waals surface area contributed by atoms with Crippen LogP contribution in [0, 0.1) is 0 Å². The number of ether oxygens (including phenoxy) is 1. The molecule has 3 aromatic carbocycles. The lowest BCUT2D eigenvalue weighted by Gasteiger charge is -2.17. The Labute approximate surface area is 180 Å². The monoisotopic (exact) mass is 410 g/mol. The number of carbonyl (C=O) groups is 2. The Hall–Kier alpha value is -3.99. The summed E-state index contributed by atoms with van der Waals surface area (Å²) in [7, 11) is 1.31. The second-order valence-corrected chi connectivity index (χ2v) is 7.16. The average Bonchev–Trinajstić information content (AvgIpc) is 2.83. The van der Waals surface area contributed by atoms with Gasteiger partial charge in [0.1, 0.15) is 0 Å². The summed E-state index contributed by atoms with van der Waals surface area (Å²) in [5.41, 5.74) is 4.12. The average molecular weight is 410 g/mol. The minimum atomic E-state index is -0.861. The molecule has 1 N–H and O–H groups in total. The van der Waals surface area contributed by atoms with Gasteiger partial charge < -0.3 is 10.1 Å². The SMILES string of the molecule is COC(=O)[C@@H](NC(=O)Cc1cc(-c2ccccc2)nc2ccccc12)c1ccccc1. The molecule has 154 valence electrons. The largest absolute Gasteiger partial charge is 0.467 e. The molecule has 0 saturated heterocycles. The Kier molecular flexibility index (Phi) is 6.03. The van der Waals surface area contributed by atoms with Gasteiger partial charge in [-0.3, -0.25) is 4.79 Å². The van der Waals surface area contributed by atoms with Gasteiger partial charge in [-0.05, 0) is 23.3 Å². The molecule has 5 heteroatoms. The minimum absolute atomic E-state index is 0.114. The summed E-state index contributed by atoms with van der Waals surface area (Å²) < 4.78 is 4.90. The van der Waals surface area contributed by atoms with Crippen molar-refractivity contribution in [3.8, 4) is 11.3 Å². The molecule has 0 saturated carbocycles. The van der Waals surface area contributed by atoms with E-state index in [9.17, 15) is 9.59 Å². The van der Waals surface area contributed by atoms with Gasteiger partial charge in [0.2, 0.25) is 5.91 Å². The van der Waals surface area contributed by atoms with Crippen LogP contribution in [0.15, 0.2) is 91.0 Å². The number of esters is 1. The Bertz CT molecular complexity index is 1210. The summed E-state index contributed by atoms with van der Waals surface area (Å²) in [4.78, 5) is 30.0. The first-order valence-electron chi connectivity index (χ1n) is 10.0. The number of aromatic nitrogens is 1. The van der Waals surface area contributed by atoms with Crippen molar-refractivity contribution in [1.82, 2.24) is 10.3 Å². The van der Waals surface area contributed by atoms with E-state index in [0.717, 1.165) is 27.7 Å². The number of benzene rings is 3. The molecular weight excluding hydrogens is 388 g/mol. The van der Waals surface area contributed by atoms with E-state index < -0.39 is 12.0 Å². The first-order chi connectivity index (χ1) is 15.2. The number of nitrogens with one attached hydrogen (secondary N) is 1. The second-order valence-electron chi connectivity index (χ2n) is 7.16. The molecule has 0 fully saturated rings. The van der Waals surface area contributed by atoms with Crippen LogP contribution in [0.4, 0.5) is 0 Å². The fourth-order valence-corrected chi connectivity index (χ4v) is 3.58. The van der Waals surface area contributed by atoms with Crippen molar-refractivity contribution in [2.24, 2.45) is 0 Å². The van der Waals surface area contributed by atoms with E-state index in [4.69, 9.17) is 9.72 Å². The third-order valence-corrected chi connectivity index (χ3v) is 5.10. The van der Waals surface area contributed by atoms with Gasteiger partial charge >= 0.3 is 5.97 Å². The van der Waals surface area contributed by atoms with Crippen molar-refractivity contribution in [3.05, 3.63) is 102 Å². The van der Waals surface area contributed by atoms with Crippen LogP contribution in [0.3, 0.4) is 0 Å². The molecule has 1 heterocycles. The minimum Gasteiger partial charge on any atom is -0.467 e. The molecule has 4 rings (SSSR count). The van der Waals surface area contributed by atoms with E-state index in [1.54, 1.807) is 12.1 Å². The van der Waals surface area contributed by atoms with Crippen molar-refractivity contribution in [1.29, 1.82) is 0 Å². The van der Waals surface area contributed by atoms with Gasteiger partial charge in [0.05, 0.1) is 24.7 Å². The molecule has 1 amide bonds. The first kappa shape index (κ1) is 20.3. The van der Waals surface area contributed by atoms with E-state index in [1.165, 1.54) is 7.11 Å². The van der Waals surface area contributed by atoms with Crippen molar-refractivity contribution < 1.29 is 14.3 Å². The van der Waals surface area contributed by atoms with Crippen LogP contribution in [-0.2, 0) is 20.7 Å². The van der Waals surface area contributed by atoms with Gasteiger partial charge in [0.15, 0.2) is 6.04 Å². The first-order valence-corrected chi connectivity index (χ1v) is 10.0. The molecule has 5 nitrogen and oxygen atoms in total. The van der Waals surface area contributed by atoms with E-state index in [0.29, 0.717) is 5.56 Å². The van der Waals surface area contributed by atoms with E-state index in [2.05, 4.69) is 5.32 Å². The Morgan fingerprint density at radius 2 is 1.55 bits per heavy atom. The highest BCUT2D eigenvalue weighted by molar-refractivity contribution is 5.92. The summed E-state index contributed by atoms with van der Waals surface area (Å²) >= 11 is 0. The molecule has 1 aromatic heterocycles. The summed E-state index contributed by atoms with van der Waals surface area (Å²) in [6, 6.07) is 27.7. The number of hydrogen-bond acceptors (Lipinski definition) is 4. The van der Waals surface area contributed by atoms with Gasteiger partial charge in [-0.15, -0.1) is 0 Å². The van der Waals surface area contributed by atoms with Gasteiger partial charge in [-0.1, -0.05) is 78.9 Å². The van der Waals surface area contributed by atoms with Crippen LogP contribution < -0.4 is 5.32 Å². The number of carbonyl (C=O) groups excluding carboxylic acids is 2. The molecule has 0 aliphatic carbocycles. The highest BCUT2D eigenvalue weighted by Gasteiger charge is 2.23. The molecule has 4 aromatic rings. The molecule has 0 aliphatic rings. The number of pyridine rings is 1. The third-order valence-electron chi connectivity index (χ3n) is 5.10. The van der Waals surface area contributed by atoms with E-state index >= 15 is 0 Å². The number of nitrogens with zero attached hydrogens (tertiary/aromatic N) is 1. The van der Waals surface area contributed by atoms with Gasteiger partial charge in [0, 0.05) is 10.9 Å². The molecule has 0 unspecified atom stereocenters. The molecular formula is C26H22N2O3. The van der Waals surface area contributed by atoms with Crippen molar-refractivity contribution in [2.75, 3.05) is 7.11 Å². The lowest BCUT2D eigenvalue weighted by molar-refractivity contribution is -0.145. The second kappa shape index (κ2) is 9.22. The third kappa shape index (κ3) is 4.61. The number of hydrogen-bond donors (Lipinski definition) is 1. The molecule has 0 spiro atoms. The number of fused-ring (bicyclic) bond motifs is 1. The van der Waals surface area contributed by atoms with Crippen LogP contribution >= 0.6 is 0 Å². The summed E-state index contributed by atoms with van der Waals surface area (Å²) in [6.07, 6.45) is 0.114. The molecule has 1 atom stereocenters. The van der Waals surface area contributed by atoms with Crippen molar-refractivity contribution in [3.63, 3.8) is 0 Å². The normalized spacial score (nSPS) is 11.6. The fourth-order valence-electron chi connectivity index (χ4n) is 3.58. The molecule has 31 heavy (non-hydrogen) atoms. The topological polar surface area (TPSA) is 68.3 Å². The highest BCUT2D eigenvalue weighted by Crippen LogP contribution is 2.25. The lowest BCUT2D eigenvalue weighted by Crippen LogP contribution is -2.35. The molecule has 0 radical (unpaired) electrons. The molecule has 0 aliphatic heterocycles. The van der Waals surface area contributed by atoms with Crippen LogP contribution in [0.1, 0.15) is 17.2 Å². The zero-order valence-electron chi connectivity index (χ0n) is 17.1. The van der Waals surface area contributed by atoms with E-state index in [-0.39, 0.29) is 12.3 Å². The Morgan fingerprint density at radius 1 is 0.903 bits per heavy atom. The highest BCUT2D eigenvalue weighted by atomic mass is 16.5. The number of amides is 1. The predicted octanol–water partition coefficient (Wildman–Crippen LogP) is 4.47. The summed E-state index contributed by atoms with van der Waals surface area (Å²) in [5.74, 6) is -0.779. The predicted molar refractivity (Wildman–Crippen MR) is 120 cm³/mol. The maximum absolute atomic E-state index is 13.0. The van der Waals surface area contributed by atoms with Gasteiger partial charge in [-0.25, -0.2) is 9.78 Å². The Balaban J connectivity index is 1.65. The maximum atomic E-state index is 13.0. The maximum Gasteiger partial charge on any atom is 0.333 e. The van der Waals surface area contributed by atoms with E-state index in [1.807, 2.05) is 78.9 Å². The van der Waals surface area contributed by atoms with Crippen molar-refractivity contribution >= 4 is 22.8 Å². The Morgan fingerprint density at radius 3 is 2.26 bits per heavy atom. The number of methoxy groups -OCH3 is 1. The smallest absolute Gasteiger partial charge is 0.333 e. The number of rotatable bonds is 6. The zero-order valence-corrected chi connectivity index (χ0v) is 17.1.